The van der Waals surface area contributed by atoms with Crippen molar-refractivity contribution in [3.05, 3.63) is 0 Å². The van der Waals surface area contributed by atoms with Crippen molar-refractivity contribution in [2.45, 2.75) is 45.6 Å². The molecule has 15 heavy (non-hydrogen) atoms. The Labute approximate surface area is 91.8 Å². The van der Waals surface area contributed by atoms with E-state index in [2.05, 4.69) is 10.6 Å². The molecule has 0 aliphatic rings. The standard InChI is InChI=1S/C11H22N2O2/c1-4-11(15)13-10(9(2)14)7-5-6-8-12-3/h10,12H,4-8H2,1-3H3,(H,13,15). The molecule has 4 nitrogen and oxygen atoms in total. The lowest BCUT2D eigenvalue weighted by molar-refractivity contribution is -0.126. The number of rotatable bonds is 8. The van der Waals surface area contributed by atoms with Crippen molar-refractivity contribution in [2.75, 3.05) is 13.6 Å². The number of hydrogen-bond donors (Lipinski definition) is 2. The Kier molecular flexibility index (Phi) is 7.91. The number of ketones is 1. The lowest BCUT2D eigenvalue weighted by atomic mass is 10.1. The van der Waals surface area contributed by atoms with Crippen molar-refractivity contribution in [3.8, 4) is 0 Å². The van der Waals surface area contributed by atoms with E-state index in [-0.39, 0.29) is 17.7 Å². The molecule has 0 radical (unpaired) electrons. The minimum Gasteiger partial charge on any atom is -0.346 e. The molecule has 0 aromatic rings. The Morgan fingerprint density at radius 1 is 1.27 bits per heavy atom. The zero-order valence-corrected chi connectivity index (χ0v) is 9.93. The summed E-state index contributed by atoms with van der Waals surface area (Å²) in [5.41, 5.74) is 0. The first-order valence-corrected chi connectivity index (χ1v) is 5.56. The van der Waals surface area contributed by atoms with Gasteiger partial charge in [0.1, 0.15) is 0 Å². The van der Waals surface area contributed by atoms with Gasteiger partial charge >= 0.3 is 0 Å². The minimum atomic E-state index is -0.297. The highest BCUT2D eigenvalue weighted by molar-refractivity contribution is 5.87. The molecule has 0 aliphatic carbocycles. The fraction of sp³-hybridized carbons (Fsp3) is 0.818. The van der Waals surface area contributed by atoms with E-state index >= 15 is 0 Å². The zero-order chi connectivity index (χ0) is 11.7. The molecule has 0 saturated carbocycles. The monoisotopic (exact) mass is 214 g/mol. The molecule has 1 unspecified atom stereocenters. The third-order valence-electron chi connectivity index (χ3n) is 2.32. The van der Waals surface area contributed by atoms with Crippen molar-refractivity contribution in [3.63, 3.8) is 0 Å². The fourth-order valence-corrected chi connectivity index (χ4v) is 1.32. The Morgan fingerprint density at radius 3 is 2.40 bits per heavy atom. The average molecular weight is 214 g/mol. The summed E-state index contributed by atoms with van der Waals surface area (Å²) < 4.78 is 0. The zero-order valence-electron chi connectivity index (χ0n) is 9.93. The van der Waals surface area contributed by atoms with Gasteiger partial charge in [0, 0.05) is 6.42 Å². The van der Waals surface area contributed by atoms with Crippen LogP contribution < -0.4 is 10.6 Å². The second-order valence-electron chi connectivity index (χ2n) is 3.68. The highest BCUT2D eigenvalue weighted by atomic mass is 16.2. The Hall–Kier alpha value is -0.900. The van der Waals surface area contributed by atoms with Gasteiger partial charge in [0.05, 0.1) is 6.04 Å². The first-order chi connectivity index (χ1) is 7.11. The van der Waals surface area contributed by atoms with Crippen LogP contribution in [0.3, 0.4) is 0 Å². The van der Waals surface area contributed by atoms with Crippen LogP contribution in [0, 0.1) is 0 Å². The first-order valence-electron chi connectivity index (χ1n) is 5.56. The number of unbranched alkanes of at least 4 members (excludes halogenated alkanes) is 1. The third-order valence-corrected chi connectivity index (χ3v) is 2.32. The molecular formula is C11H22N2O2. The molecule has 1 atom stereocenters. The summed E-state index contributed by atoms with van der Waals surface area (Å²) in [4.78, 5) is 22.4. The van der Waals surface area contributed by atoms with Gasteiger partial charge in [-0.3, -0.25) is 9.59 Å². The maximum Gasteiger partial charge on any atom is 0.220 e. The van der Waals surface area contributed by atoms with Crippen LogP contribution in [-0.4, -0.2) is 31.3 Å². The fourth-order valence-electron chi connectivity index (χ4n) is 1.32. The van der Waals surface area contributed by atoms with Gasteiger partial charge in [-0.1, -0.05) is 6.92 Å². The lowest BCUT2D eigenvalue weighted by Crippen LogP contribution is -2.39. The molecule has 2 N–H and O–H groups in total. The third kappa shape index (κ3) is 7.08. The van der Waals surface area contributed by atoms with E-state index in [1.807, 2.05) is 7.05 Å². The molecule has 0 saturated heterocycles. The van der Waals surface area contributed by atoms with Gasteiger partial charge in [0.25, 0.3) is 0 Å². The second kappa shape index (κ2) is 8.41. The predicted octanol–water partition coefficient (Wildman–Crippen LogP) is 0.860. The summed E-state index contributed by atoms with van der Waals surface area (Å²) in [5.74, 6) is -0.00919. The summed E-state index contributed by atoms with van der Waals surface area (Å²) in [6.07, 6.45) is 3.15. The molecular weight excluding hydrogens is 192 g/mol. The highest BCUT2D eigenvalue weighted by Gasteiger charge is 2.15. The van der Waals surface area contributed by atoms with E-state index < -0.39 is 0 Å². The Bertz CT molecular complexity index is 205. The maximum absolute atomic E-state index is 11.2. The van der Waals surface area contributed by atoms with Crippen molar-refractivity contribution in [1.29, 1.82) is 0 Å². The predicted molar refractivity (Wildman–Crippen MR) is 60.7 cm³/mol. The lowest BCUT2D eigenvalue weighted by Gasteiger charge is -2.15. The normalized spacial score (nSPS) is 12.2. The van der Waals surface area contributed by atoms with E-state index in [9.17, 15) is 9.59 Å². The molecule has 0 aromatic carbocycles. The van der Waals surface area contributed by atoms with Gasteiger partial charge in [-0.25, -0.2) is 0 Å². The SMILES string of the molecule is CCC(=O)NC(CCCCNC)C(C)=O. The Balaban J connectivity index is 3.84. The molecule has 0 aliphatic heterocycles. The van der Waals surface area contributed by atoms with E-state index in [4.69, 9.17) is 0 Å². The molecule has 88 valence electrons. The quantitative estimate of drug-likeness (QED) is 0.589. The van der Waals surface area contributed by atoms with Gasteiger partial charge in [-0.2, -0.15) is 0 Å². The number of amides is 1. The van der Waals surface area contributed by atoms with Crippen LogP contribution in [0.1, 0.15) is 39.5 Å². The number of Topliss-reactive ketones (excluding diaryl/α,β-unsaturated/α-hetero) is 1. The summed E-state index contributed by atoms with van der Waals surface area (Å²) in [6.45, 7) is 4.26. The summed E-state index contributed by atoms with van der Waals surface area (Å²) in [5, 5.41) is 5.78. The molecule has 1 amide bonds. The molecule has 0 rings (SSSR count). The molecule has 0 fully saturated rings. The van der Waals surface area contributed by atoms with E-state index in [0.29, 0.717) is 6.42 Å². The summed E-state index contributed by atoms with van der Waals surface area (Å²) in [6, 6.07) is -0.297. The molecule has 0 spiro atoms. The van der Waals surface area contributed by atoms with Crippen molar-refractivity contribution >= 4 is 11.7 Å². The van der Waals surface area contributed by atoms with Gasteiger partial charge < -0.3 is 10.6 Å². The van der Waals surface area contributed by atoms with Crippen LogP contribution in [0.2, 0.25) is 0 Å². The van der Waals surface area contributed by atoms with Crippen LogP contribution in [0.4, 0.5) is 0 Å². The smallest absolute Gasteiger partial charge is 0.220 e. The number of nitrogens with one attached hydrogen (secondary N) is 2. The molecule has 0 aromatic heterocycles. The number of carbonyl (C=O) groups excluding carboxylic acids is 2. The highest BCUT2D eigenvalue weighted by Crippen LogP contribution is 2.02. The van der Waals surface area contributed by atoms with Crippen LogP contribution >= 0.6 is 0 Å². The van der Waals surface area contributed by atoms with Crippen LogP contribution in [0.25, 0.3) is 0 Å². The van der Waals surface area contributed by atoms with E-state index in [1.165, 1.54) is 6.92 Å². The average Bonchev–Trinajstić information content (AvgIpc) is 2.21. The van der Waals surface area contributed by atoms with Crippen molar-refractivity contribution in [2.24, 2.45) is 0 Å². The van der Waals surface area contributed by atoms with Crippen molar-refractivity contribution < 1.29 is 9.59 Å². The van der Waals surface area contributed by atoms with E-state index in [0.717, 1.165) is 25.8 Å². The van der Waals surface area contributed by atoms with Gasteiger partial charge in [-0.05, 0) is 39.8 Å². The maximum atomic E-state index is 11.2. The summed E-state index contributed by atoms with van der Waals surface area (Å²) >= 11 is 0. The van der Waals surface area contributed by atoms with Gasteiger partial charge in [-0.15, -0.1) is 0 Å². The second-order valence-corrected chi connectivity index (χ2v) is 3.68. The molecule has 0 heterocycles. The van der Waals surface area contributed by atoms with Crippen LogP contribution in [0.15, 0.2) is 0 Å². The van der Waals surface area contributed by atoms with E-state index in [1.54, 1.807) is 6.92 Å². The molecule has 0 bridgehead atoms. The first kappa shape index (κ1) is 14.1. The number of carbonyl (C=O) groups is 2. The van der Waals surface area contributed by atoms with Gasteiger partial charge in [0.15, 0.2) is 5.78 Å². The Morgan fingerprint density at radius 2 is 1.93 bits per heavy atom. The molecule has 4 heteroatoms. The topological polar surface area (TPSA) is 58.2 Å². The summed E-state index contributed by atoms with van der Waals surface area (Å²) in [7, 11) is 1.90. The van der Waals surface area contributed by atoms with Crippen molar-refractivity contribution in [1.82, 2.24) is 10.6 Å². The van der Waals surface area contributed by atoms with Crippen LogP contribution in [-0.2, 0) is 9.59 Å². The van der Waals surface area contributed by atoms with Gasteiger partial charge in [0.2, 0.25) is 5.91 Å². The largest absolute Gasteiger partial charge is 0.346 e. The minimum absolute atomic E-state index is 0.0428. The van der Waals surface area contributed by atoms with Crippen LogP contribution in [0.5, 0.6) is 0 Å². The number of hydrogen-bond acceptors (Lipinski definition) is 3.